The molecule has 0 atom stereocenters. The molecular formula is C57H36N6. The monoisotopic (exact) mass is 804 g/mol. The molecule has 0 amide bonds. The average molecular weight is 805 g/mol. The van der Waals surface area contributed by atoms with E-state index >= 15 is 0 Å². The van der Waals surface area contributed by atoms with E-state index in [1.165, 1.54) is 32.4 Å². The lowest BCUT2D eigenvalue weighted by atomic mass is 10.1. The minimum atomic E-state index is 0.619. The highest BCUT2D eigenvalue weighted by Gasteiger charge is 2.23. The van der Waals surface area contributed by atoms with E-state index in [4.69, 9.17) is 15.0 Å². The Morgan fingerprint density at radius 1 is 0.254 bits per heavy atom. The third kappa shape index (κ3) is 5.48. The van der Waals surface area contributed by atoms with E-state index in [0.717, 1.165) is 66.7 Å². The topological polar surface area (TPSA) is 53.5 Å². The predicted octanol–water partition coefficient (Wildman–Crippen LogP) is 14.2. The lowest BCUT2D eigenvalue weighted by molar-refractivity contribution is 1.07. The maximum atomic E-state index is 5.16. The fourth-order valence-electron chi connectivity index (χ4n) is 9.71. The molecule has 63 heavy (non-hydrogen) atoms. The molecule has 0 saturated carbocycles. The molecule has 0 unspecified atom stereocenters. The van der Waals surface area contributed by atoms with Crippen molar-refractivity contribution in [2.24, 2.45) is 0 Å². The van der Waals surface area contributed by atoms with Gasteiger partial charge in [0.15, 0.2) is 17.5 Å². The van der Waals surface area contributed by atoms with E-state index in [1.54, 1.807) is 0 Å². The molecular weight excluding hydrogens is 769 g/mol. The maximum absolute atomic E-state index is 5.16. The quantitative estimate of drug-likeness (QED) is 0.168. The lowest BCUT2D eigenvalue weighted by Crippen LogP contribution is -2.00. The summed E-state index contributed by atoms with van der Waals surface area (Å²) in [6.07, 6.45) is 0. The van der Waals surface area contributed by atoms with Crippen LogP contribution in [0.4, 0.5) is 0 Å². The van der Waals surface area contributed by atoms with E-state index in [1.807, 2.05) is 36.4 Å². The van der Waals surface area contributed by atoms with Crippen LogP contribution in [0.1, 0.15) is 0 Å². The summed E-state index contributed by atoms with van der Waals surface area (Å²) in [5, 5.41) is 7.13. The van der Waals surface area contributed by atoms with Gasteiger partial charge >= 0.3 is 0 Å². The highest BCUT2D eigenvalue weighted by molar-refractivity contribution is 6.26. The van der Waals surface area contributed by atoms with Gasteiger partial charge in [-0.2, -0.15) is 0 Å². The highest BCUT2D eigenvalue weighted by Crippen LogP contribution is 2.44. The van der Waals surface area contributed by atoms with Gasteiger partial charge in [-0.05, 0) is 66.7 Å². The smallest absolute Gasteiger partial charge is 0.164 e. The Bertz CT molecular complexity index is 3830. The fraction of sp³-hybridized carbons (Fsp3) is 0. The first-order valence-corrected chi connectivity index (χ1v) is 21.3. The molecule has 0 spiro atoms. The van der Waals surface area contributed by atoms with Gasteiger partial charge in [0.05, 0.1) is 33.1 Å². The molecule has 0 saturated heterocycles. The van der Waals surface area contributed by atoms with Gasteiger partial charge in [0, 0.05) is 66.1 Å². The number of nitrogens with zero attached hydrogens (tertiary/aromatic N) is 6. The van der Waals surface area contributed by atoms with Crippen molar-refractivity contribution in [3.05, 3.63) is 218 Å². The number of aromatic nitrogens is 6. The van der Waals surface area contributed by atoms with Crippen molar-refractivity contribution in [2.75, 3.05) is 0 Å². The molecule has 0 aliphatic rings. The third-order valence-electron chi connectivity index (χ3n) is 12.5. The van der Waals surface area contributed by atoms with Crippen molar-refractivity contribution in [2.45, 2.75) is 0 Å². The summed E-state index contributed by atoms with van der Waals surface area (Å²) >= 11 is 0. The van der Waals surface area contributed by atoms with Crippen LogP contribution >= 0.6 is 0 Å². The maximum Gasteiger partial charge on any atom is 0.164 e. The van der Waals surface area contributed by atoms with Gasteiger partial charge in [-0.3, -0.25) is 0 Å². The van der Waals surface area contributed by atoms with E-state index in [0.29, 0.717) is 17.5 Å². The van der Waals surface area contributed by atoms with Crippen LogP contribution in [-0.2, 0) is 0 Å². The number of hydrogen-bond acceptors (Lipinski definition) is 3. The minimum Gasteiger partial charge on any atom is -0.309 e. The third-order valence-corrected chi connectivity index (χ3v) is 12.5. The molecule has 9 aromatic carbocycles. The Morgan fingerprint density at radius 2 is 0.714 bits per heavy atom. The Kier molecular flexibility index (Phi) is 7.80. The average Bonchev–Trinajstić information content (AvgIpc) is 4.00. The summed E-state index contributed by atoms with van der Waals surface area (Å²) in [6.45, 7) is 0. The van der Waals surface area contributed by atoms with Crippen molar-refractivity contribution in [3.8, 4) is 51.2 Å². The van der Waals surface area contributed by atoms with Crippen LogP contribution in [0.5, 0.6) is 0 Å². The number of hydrogen-bond donors (Lipinski definition) is 0. The number of benzene rings is 9. The van der Waals surface area contributed by atoms with E-state index in [-0.39, 0.29) is 0 Å². The Balaban J connectivity index is 1.14. The lowest BCUT2D eigenvalue weighted by Gasteiger charge is -2.12. The standard InChI is InChI=1S/C57H36N6/c1-5-17-37(18-6-1)55-58-56(38-19-7-2-8-20-38)60-57(59-55)39-29-31-44-45-32-34-51-53(46-26-14-16-28-49(46)62(51)41-23-11-4-12-24-41)54(45)63(52(44)35-39)42-30-33-50-47(36-42)43-25-13-15-27-48(43)61(50)40-21-9-3-10-22-40/h1-36H. The second-order valence-corrected chi connectivity index (χ2v) is 16.0. The normalized spacial score (nSPS) is 11.8. The van der Waals surface area contributed by atoms with Gasteiger partial charge in [-0.25, -0.2) is 15.0 Å². The van der Waals surface area contributed by atoms with Crippen LogP contribution in [0.25, 0.3) is 117 Å². The molecule has 13 aromatic rings. The molecule has 13 rings (SSSR count). The molecule has 4 aromatic heterocycles. The molecule has 4 heterocycles. The van der Waals surface area contributed by atoms with Gasteiger partial charge in [0.1, 0.15) is 0 Å². The van der Waals surface area contributed by atoms with Crippen molar-refractivity contribution in [3.63, 3.8) is 0 Å². The molecule has 6 heteroatoms. The second-order valence-electron chi connectivity index (χ2n) is 16.0. The SMILES string of the molecule is c1ccc(-c2nc(-c3ccccc3)nc(-c3ccc4c5ccc6c(c7ccccc7n6-c6ccccc6)c5n(-c5ccc6c(c5)c5ccccc5n6-c5ccccc5)c4c3)n2)cc1. The molecule has 0 aliphatic carbocycles. The van der Waals surface area contributed by atoms with Gasteiger partial charge in [0.2, 0.25) is 0 Å². The van der Waals surface area contributed by atoms with Gasteiger partial charge in [-0.15, -0.1) is 0 Å². The fourth-order valence-corrected chi connectivity index (χ4v) is 9.71. The van der Waals surface area contributed by atoms with Crippen LogP contribution < -0.4 is 0 Å². The Labute approximate surface area is 362 Å². The number of para-hydroxylation sites is 4. The van der Waals surface area contributed by atoms with Gasteiger partial charge < -0.3 is 13.7 Å². The largest absolute Gasteiger partial charge is 0.309 e. The van der Waals surface area contributed by atoms with Crippen molar-refractivity contribution >= 4 is 65.4 Å². The minimum absolute atomic E-state index is 0.619. The molecule has 0 aliphatic heterocycles. The van der Waals surface area contributed by atoms with Crippen LogP contribution in [0.2, 0.25) is 0 Å². The van der Waals surface area contributed by atoms with Crippen molar-refractivity contribution in [1.29, 1.82) is 0 Å². The Hall–Kier alpha value is -8.61. The van der Waals surface area contributed by atoms with Crippen LogP contribution in [0.15, 0.2) is 218 Å². The summed E-state index contributed by atoms with van der Waals surface area (Å²) in [6, 6.07) is 77.4. The first kappa shape index (κ1) is 35.2. The summed E-state index contributed by atoms with van der Waals surface area (Å²) < 4.78 is 7.25. The van der Waals surface area contributed by atoms with Crippen molar-refractivity contribution in [1.82, 2.24) is 28.7 Å². The molecule has 0 bridgehead atoms. The zero-order chi connectivity index (χ0) is 41.4. The summed E-state index contributed by atoms with van der Waals surface area (Å²) in [4.78, 5) is 15.3. The molecule has 294 valence electrons. The van der Waals surface area contributed by atoms with E-state index < -0.39 is 0 Å². The number of fused-ring (bicyclic) bond motifs is 10. The first-order valence-electron chi connectivity index (χ1n) is 21.3. The number of rotatable bonds is 6. The van der Waals surface area contributed by atoms with E-state index in [2.05, 4.69) is 196 Å². The molecule has 0 fully saturated rings. The molecule has 6 nitrogen and oxygen atoms in total. The van der Waals surface area contributed by atoms with Gasteiger partial charge in [0.25, 0.3) is 0 Å². The van der Waals surface area contributed by atoms with E-state index in [9.17, 15) is 0 Å². The summed E-state index contributed by atoms with van der Waals surface area (Å²) in [5.41, 5.74) is 13.0. The summed E-state index contributed by atoms with van der Waals surface area (Å²) in [7, 11) is 0. The molecule has 0 radical (unpaired) electrons. The zero-order valence-corrected chi connectivity index (χ0v) is 34.0. The summed E-state index contributed by atoms with van der Waals surface area (Å²) in [5.74, 6) is 1.89. The van der Waals surface area contributed by atoms with Crippen LogP contribution in [0.3, 0.4) is 0 Å². The zero-order valence-electron chi connectivity index (χ0n) is 34.0. The van der Waals surface area contributed by atoms with Gasteiger partial charge in [-0.1, -0.05) is 152 Å². The predicted molar refractivity (Wildman–Crippen MR) is 259 cm³/mol. The van der Waals surface area contributed by atoms with Crippen LogP contribution in [0, 0.1) is 0 Å². The molecule has 0 N–H and O–H groups in total. The second kappa shape index (κ2) is 14.0. The Morgan fingerprint density at radius 3 is 1.35 bits per heavy atom. The highest BCUT2D eigenvalue weighted by atomic mass is 15.0. The van der Waals surface area contributed by atoms with Crippen LogP contribution in [-0.4, -0.2) is 28.7 Å². The first-order chi connectivity index (χ1) is 31.3. The van der Waals surface area contributed by atoms with Crippen molar-refractivity contribution < 1.29 is 0 Å².